The average Bonchev–Trinajstić information content (AvgIpc) is 3.36. The summed E-state index contributed by atoms with van der Waals surface area (Å²) in [6.07, 6.45) is -4.15. The van der Waals surface area contributed by atoms with Crippen LogP contribution in [0.5, 0.6) is 5.88 Å². The number of pyridine rings is 1. The third kappa shape index (κ3) is 5.47. The molecule has 4 rings (SSSR count). The quantitative estimate of drug-likeness (QED) is 0.499. The number of halogens is 4. The standard InChI is InChI=1S/C25H31F4N5O4/c1-13-12-34(23(36)20-10-19(32-33-20)17-9-21(38-3)30-11-18(17)26)14(2)8-16(13)22(35)31-15-4-6-24(37,7-5-15)25(27,28)29/h9-11,13-16,37H,4-8,12H2,1-3H3,(H,31,35)(H,32,33)/t13-,14?,15?,16+,24?/m1/s1. The number of hydrogen-bond donors (Lipinski definition) is 3. The van der Waals surface area contributed by atoms with Crippen molar-refractivity contribution in [2.75, 3.05) is 13.7 Å². The Morgan fingerprint density at radius 2 is 1.92 bits per heavy atom. The van der Waals surface area contributed by atoms with Crippen LogP contribution >= 0.6 is 0 Å². The summed E-state index contributed by atoms with van der Waals surface area (Å²) in [5.74, 6) is -1.68. The molecule has 0 spiro atoms. The van der Waals surface area contributed by atoms with E-state index in [1.54, 1.807) is 4.90 Å². The number of amides is 2. The Kier molecular flexibility index (Phi) is 7.69. The lowest BCUT2D eigenvalue weighted by molar-refractivity contribution is -0.270. The molecular formula is C25H31F4N5O4. The molecule has 13 heteroatoms. The zero-order valence-electron chi connectivity index (χ0n) is 21.3. The Hall–Kier alpha value is -3.22. The van der Waals surface area contributed by atoms with Gasteiger partial charge in [0.1, 0.15) is 0 Å². The number of H-pyrrole nitrogens is 1. The van der Waals surface area contributed by atoms with Crippen molar-refractivity contribution in [2.45, 2.75) is 69.8 Å². The van der Waals surface area contributed by atoms with Crippen LogP contribution < -0.4 is 10.1 Å². The minimum absolute atomic E-state index is 0.0362. The molecule has 3 atom stereocenters. The first-order valence-corrected chi connectivity index (χ1v) is 12.5. The first-order chi connectivity index (χ1) is 17.8. The number of carbonyl (C=O) groups excluding carboxylic acids is 2. The van der Waals surface area contributed by atoms with E-state index in [0.29, 0.717) is 6.42 Å². The van der Waals surface area contributed by atoms with Gasteiger partial charge in [-0.2, -0.15) is 18.3 Å². The first-order valence-electron chi connectivity index (χ1n) is 12.5. The fourth-order valence-electron chi connectivity index (χ4n) is 5.28. The molecule has 3 N–H and O–H groups in total. The van der Waals surface area contributed by atoms with Crippen molar-refractivity contribution < 1.29 is 37.0 Å². The van der Waals surface area contributed by atoms with Gasteiger partial charge in [0.2, 0.25) is 11.8 Å². The van der Waals surface area contributed by atoms with Crippen LogP contribution in [0.25, 0.3) is 11.3 Å². The van der Waals surface area contributed by atoms with Crippen molar-refractivity contribution in [2.24, 2.45) is 11.8 Å². The van der Waals surface area contributed by atoms with Gasteiger partial charge in [-0.05, 0) is 51.0 Å². The van der Waals surface area contributed by atoms with Crippen molar-refractivity contribution in [1.82, 2.24) is 25.4 Å². The second kappa shape index (κ2) is 10.5. The number of nitrogens with zero attached hydrogens (tertiary/aromatic N) is 3. The highest BCUT2D eigenvalue weighted by Gasteiger charge is 2.54. The summed E-state index contributed by atoms with van der Waals surface area (Å²) in [6.45, 7) is 3.93. The monoisotopic (exact) mass is 541 g/mol. The van der Waals surface area contributed by atoms with Crippen LogP contribution in [-0.4, -0.2) is 74.5 Å². The van der Waals surface area contributed by atoms with Crippen molar-refractivity contribution in [1.29, 1.82) is 0 Å². The first kappa shape index (κ1) is 27.8. The van der Waals surface area contributed by atoms with E-state index in [1.165, 1.54) is 19.2 Å². The number of likely N-dealkylation sites (tertiary alicyclic amines) is 1. The van der Waals surface area contributed by atoms with Gasteiger partial charge in [-0.25, -0.2) is 9.37 Å². The predicted octanol–water partition coefficient (Wildman–Crippen LogP) is 3.46. The lowest BCUT2D eigenvalue weighted by Crippen LogP contribution is -2.54. The number of aromatic nitrogens is 3. The maximum Gasteiger partial charge on any atom is 0.417 e. The molecule has 2 aliphatic rings. The number of methoxy groups -OCH3 is 1. The second-order valence-corrected chi connectivity index (χ2v) is 10.3. The molecular weight excluding hydrogens is 510 g/mol. The largest absolute Gasteiger partial charge is 0.481 e. The Morgan fingerprint density at radius 1 is 1.24 bits per heavy atom. The lowest BCUT2D eigenvalue weighted by atomic mass is 9.80. The molecule has 3 heterocycles. The third-order valence-corrected chi connectivity index (χ3v) is 7.71. The molecule has 1 unspecified atom stereocenters. The SMILES string of the molecule is COc1cc(-c2cc(C(=O)N3C[C@@H](C)[C@@H](C(=O)NC4CCC(O)(C(F)(F)F)CC4)CC3C)n[nH]2)c(F)cn1. The van der Waals surface area contributed by atoms with E-state index < -0.39 is 42.4 Å². The van der Waals surface area contributed by atoms with Gasteiger partial charge in [-0.15, -0.1) is 0 Å². The van der Waals surface area contributed by atoms with Crippen LogP contribution in [0.3, 0.4) is 0 Å². The number of alkyl halides is 3. The van der Waals surface area contributed by atoms with E-state index in [9.17, 15) is 32.3 Å². The molecule has 0 bridgehead atoms. The Morgan fingerprint density at radius 3 is 2.55 bits per heavy atom. The summed E-state index contributed by atoms with van der Waals surface area (Å²) in [5, 5.41) is 19.4. The summed E-state index contributed by atoms with van der Waals surface area (Å²) >= 11 is 0. The van der Waals surface area contributed by atoms with Gasteiger partial charge >= 0.3 is 6.18 Å². The number of aromatic amines is 1. The van der Waals surface area contributed by atoms with E-state index in [2.05, 4.69) is 20.5 Å². The molecule has 1 aliphatic carbocycles. The third-order valence-electron chi connectivity index (χ3n) is 7.71. The number of aliphatic hydroxyl groups is 1. The molecule has 2 amide bonds. The van der Waals surface area contributed by atoms with E-state index in [-0.39, 0.29) is 66.0 Å². The number of piperidine rings is 1. The molecule has 1 saturated carbocycles. The molecule has 1 aliphatic heterocycles. The fourth-order valence-corrected chi connectivity index (χ4v) is 5.28. The minimum Gasteiger partial charge on any atom is -0.481 e. The smallest absolute Gasteiger partial charge is 0.417 e. The summed E-state index contributed by atoms with van der Waals surface area (Å²) in [5.41, 5.74) is -2.18. The molecule has 208 valence electrons. The maximum atomic E-state index is 14.3. The van der Waals surface area contributed by atoms with E-state index >= 15 is 0 Å². The molecule has 2 aromatic rings. The van der Waals surface area contributed by atoms with Crippen LogP contribution in [0.1, 0.15) is 56.4 Å². The zero-order chi connectivity index (χ0) is 27.8. The average molecular weight is 542 g/mol. The van der Waals surface area contributed by atoms with Crippen LogP contribution in [0.4, 0.5) is 17.6 Å². The van der Waals surface area contributed by atoms with Crippen molar-refractivity contribution in [3.8, 4) is 17.1 Å². The van der Waals surface area contributed by atoms with E-state index in [4.69, 9.17) is 4.74 Å². The van der Waals surface area contributed by atoms with Crippen LogP contribution in [0.2, 0.25) is 0 Å². The van der Waals surface area contributed by atoms with Gasteiger partial charge in [0, 0.05) is 36.2 Å². The van der Waals surface area contributed by atoms with Gasteiger partial charge in [0.25, 0.3) is 5.91 Å². The number of hydrogen-bond acceptors (Lipinski definition) is 6. The predicted molar refractivity (Wildman–Crippen MR) is 128 cm³/mol. The van der Waals surface area contributed by atoms with Crippen LogP contribution in [0.15, 0.2) is 18.3 Å². The molecule has 2 aromatic heterocycles. The summed E-state index contributed by atoms with van der Waals surface area (Å²) in [4.78, 5) is 31.7. The Balaban J connectivity index is 1.37. The highest BCUT2D eigenvalue weighted by molar-refractivity contribution is 5.94. The molecule has 38 heavy (non-hydrogen) atoms. The topological polar surface area (TPSA) is 120 Å². The summed E-state index contributed by atoms with van der Waals surface area (Å²) < 4.78 is 58.5. The maximum absolute atomic E-state index is 14.3. The molecule has 0 aromatic carbocycles. The molecule has 0 radical (unpaired) electrons. The summed E-state index contributed by atoms with van der Waals surface area (Å²) in [6, 6.07) is 2.08. The number of ether oxygens (including phenoxy) is 1. The van der Waals surface area contributed by atoms with Crippen LogP contribution in [0, 0.1) is 17.7 Å². The van der Waals surface area contributed by atoms with Gasteiger partial charge in [0.15, 0.2) is 17.1 Å². The molecule has 9 nitrogen and oxygen atoms in total. The van der Waals surface area contributed by atoms with Crippen molar-refractivity contribution >= 4 is 11.8 Å². The summed E-state index contributed by atoms with van der Waals surface area (Å²) in [7, 11) is 1.40. The van der Waals surface area contributed by atoms with Crippen LogP contribution in [-0.2, 0) is 4.79 Å². The van der Waals surface area contributed by atoms with E-state index in [1.807, 2.05) is 13.8 Å². The number of rotatable bonds is 5. The highest BCUT2D eigenvalue weighted by Crippen LogP contribution is 2.41. The Bertz CT molecular complexity index is 1180. The van der Waals surface area contributed by atoms with Gasteiger partial charge in [-0.3, -0.25) is 14.7 Å². The minimum atomic E-state index is -4.69. The molecule has 1 saturated heterocycles. The zero-order valence-corrected chi connectivity index (χ0v) is 21.3. The number of carbonyl (C=O) groups is 2. The highest BCUT2D eigenvalue weighted by atomic mass is 19.4. The second-order valence-electron chi connectivity index (χ2n) is 10.3. The van der Waals surface area contributed by atoms with Gasteiger partial charge in [-0.1, -0.05) is 6.92 Å². The lowest BCUT2D eigenvalue weighted by Gasteiger charge is -2.42. The van der Waals surface area contributed by atoms with Gasteiger partial charge in [0.05, 0.1) is 19.0 Å². The van der Waals surface area contributed by atoms with E-state index in [0.717, 1.165) is 6.20 Å². The molecule has 2 fully saturated rings. The Labute approximate surface area is 217 Å². The van der Waals surface area contributed by atoms with Crippen molar-refractivity contribution in [3.05, 3.63) is 29.8 Å². The normalized spacial score (nSPS) is 28.2. The van der Waals surface area contributed by atoms with Crippen molar-refractivity contribution in [3.63, 3.8) is 0 Å². The van der Waals surface area contributed by atoms with Gasteiger partial charge < -0.3 is 20.1 Å². The number of nitrogens with one attached hydrogen (secondary N) is 2. The fraction of sp³-hybridized carbons (Fsp3) is 0.600.